The minimum atomic E-state index is -0.161. The molecule has 182 valence electrons. The van der Waals surface area contributed by atoms with Gasteiger partial charge in [-0.25, -0.2) is 0 Å². The molecule has 2 fully saturated rings. The van der Waals surface area contributed by atoms with Gasteiger partial charge >= 0.3 is 0 Å². The van der Waals surface area contributed by atoms with Crippen LogP contribution in [0, 0.1) is 5.92 Å². The van der Waals surface area contributed by atoms with Crippen molar-refractivity contribution in [2.24, 2.45) is 5.92 Å². The quantitative estimate of drug-likeness (QED) is 0.650. The van der Waals surface area contributed by atoms with E-state index in [0.29, 0.717) is 6.54 Å². The summed E-state index contributed by atoms with van der Waals surface area (Å²) in [7, 11) is 0. The van der Waals surface area contributed by atoms with Crippen LogP contribution in [0.25, 0.3) is 0 Å². The summed E-state index contributed by atoms with van der Waals surface area (Å²) in [6, 6.07) is 18.3. The van der Waals surface area contributed by atoms with E-state index in [4.69, 9.17) is 4.74 Å². The minimum absolute atomic E-state index is 0.0574. The minimum Gasteiger partial charge on any atom is -0.378 e. The van der Waals surface area contributed by atoms with Crippen molar-refractivity contribution >= 4 is 23.2 Å². The van der Waals surface area contributed by atoms with E-state index in [1.54, 1.807) is 4.90 Å². The molecule has 2 saturated heterocycles. The van der Waals surface area contributed by atoms with Gasteiger partial charge in [0.05, 0.1) is 25.7 Å². The first-order valence-corrected chi connectivity index (χ1v) is 12.4. The molecule has 1 N–H and O–H groups in total. The molecular formula is C27H36N4O3. The third-order valence-electron chi connectivity index (χ3n) is 6.66. The number of ether oxygens (including phenoxy) is 1. The smallest absolute Gasteiger partial charge is 0.243 e. The van der Waals surface area contributed by atoms with E-state index >= 15 is 0 Å². The first-order valence-electron chi connectivity index (χ1n) is 12.4. The number of piperidine rings is 1. The van der Waals surface area contributed by atoms with E-state index < -0.39 is 0 Å². The highest BCUT2D eigenvalue weighted by Crippen LogP contribution is 2.22. The Kier molecular flexibility index (Phi) is 8.55. The maximum absolute atomic E-state index is 13.2. The second-order valence-corrected chi connectivity index (χ2v) is 9.11. The molecule has 0 saturated carbocycles. The number of rotatable bonds is 8. The lowest BCUT2D eigenvalue weighted by Gasteiger charge is -2.34. The van der Waals surface area contributed by atoms with Gasteiger partial charge in [-0.2, -0.15) is 0 Å². The second-order valence-electron chi connectivity index (χ2n) is 9.11. The molecule has 0 aromatic heterocycles. The van der Waals surface area contributed by atoms with Gasteiger partial charge in [-0.1, -0.05) is 30.3 Å². The molecule has 0 bridgehead atoms. The van der Waals surface area contributed by atoms with Gasteiger partial charge in [0.15, 0.2) is 0 Å². The molecular weight excluding hydrogens is 428 g/mol. The number of anilines is 2. The molecule has 0 spiro atoms. The molecule has 2 aliphatic rings. The van der Waals surface area contributed by atoms with Crippen molar-refractivity contribution in [3.05, 3.63) is 60.2 Å². The molecule has 1 atom stereocenters. The summed E-state index contributed by atoms with van der Waals surface area (Å²) in [4.78, 5) is 32.3. The average Bonchev–Trinajstić information content (AvgIpc) is 2.88. The first-order chi connectivity index (χ1) is 16.6. The molecule has 2 amide bonds. The van der Waals surface area contributed by atoms with Crippen LogP contribution in [0.4, 0.5) is 11.4 Å². The Morgan fingerprint density at radius 3 is 2.47 bits per heavy atom. The maximum Gasteiger partial charge on any atom is 0.243 e. The summed E-state index contributed by atoms with van der Waals surface area (Å²) in [5.74, 6) is -0.137. The van der Waals surface area contributed by atoms with Crippen LogP contribution in [0.2, 0.25) is 0 Å². The highest BCUT2D eigenvalue weighted by Gasteiger charge is 2.29. The predicted octanol–water partition coefficient (Wildman–Crippen LogP) is 3.22. The number of nitrogens with zero attached hydrogens (tertiary/aromatic N) is 3. The van der Waals surface area contributed by atoms with Gasteiger partial charge in [0.1, 0.15) is 0 Å². The predicted molar refractivity (Wildman–Crippen MR) is 135 cm³/mol. The van der Waals surface area contributed by atoms with E-state index in [9.17, 15) is 9.59 Å². The maximum atomic E-state index is 13.2. The number of benzene rings is 2. The monoisotopic (exact) mass is 464 g/mol. The van der Waals surface area contributed by atoms with Crippen LogP contribution in [0.15, 0.2) is 54.6 Å². The van der Waals surface area contributed by atoms with Gasteiger partial charge in [0, 0.05) is 44.1 Å². The molecule has 7 heteroatoms. The Hall–Kier alpha value is -2.90. The average molecular weight is 465 g/mol. The van der Waals surface area contributed by atoms with E-state index in [-0.39, 0.29) is 24.3 Å². The van der Waals surface area contributed by atoms with E-state index in [1.807, 2.05) is 37.3 Å². The van der Waals surface area contributed by atoms with Crippen LogP contribution in [-0.2, 0) is 20.9 Å². The zero-order chi connectivity index (χ0) is 23.8. The second kappa shape index (κ2) is 12.0. The van der Waals surface area contributed by atoms with Crippen LogP contribution in [0.3, 0.4) is 0 Å². The number of morpholine rings is 1. The number of likely N-dealkylation sites (N-methyl/N-ethyl adjacent to an activating group) is 1. The van der Waals surface area contributed by atoms with Crippen molar-refractivity contribution < 1.29 is 14.3 Å². The van der Waals surface area contributed by atoms with Crippen LogP contribution >= 0.6 is 0 Å². The SMILES string of the molecule is CCN(CC(=O)Nc1ccc(N2CCOCC2)cc1)C(=O)C1CCCN(Cc2ccccc2)C1. The van der Waals surface area contributed by atoms with Gasteiger partial charge in [0.2, 0.25) is 11.8 Å². The molecule has 34 heavy (non-hydrogen) atoms. The highest BCUT2D eigenvalue weighted by molar-refractivity contribution is 5.95. The fourth-order valence-corrected chi connectivity index (χ4v) is 4.80. The number of carbonyl (C=O) groups excluding carboxylic acids is 2. The molecule has 1 unspecified atom stereocenters. The fraction of sp³-hybridized carbons (Fsp3) is 0.481. The van der Waals surface area contributed by atoms with Crippen molar-refractivity contribution in [3.63, 3.8) is 0 Å². The summed E-state index contributed by atoms with van der Waals surface area (Å²) in [5, 5.41) is 2.95. The number of likely N-dealkylation sites (tertiary alicyclic amines) is 1. The Morgan fingerprint density at radius 2 is 1.76 bits per heavy atom. The topological polar surface area (TPSA) is 65.1 Å². The zero-order valence-electron chi connectivity index (χ0n) is 20.1. The number of hydrogen-bond acceptors (Lipinski definition) is 5. The van der Waals surface area contributed by atoms with Gasteiger partial charge < -0.3 is 19.9 Å². The summed E-state index contributed by atoms with van der Waals surface area (Å²) in [6.07, 6.45) is 1.88. The Morgan fingerprint density at radius 1 is 1.03 bits per heavy atom. The lowest BCUT2D eigenvalue weighted by Crippen LogP contribution is -2.46. The summed E-state index contributed by atoms with van der Waals surface area (Å²) < 4.78 is 5.41. The molecule has 2 heterocycles. The number of amides is 2. The normalized spacial score (nSPS) is 19.0. The Balaban J connectivity index is 1.28. The summed E-state index contributed by atoms with van der Waals surface area (Å²) in [5.41, 5.74) is 3.14. The molecule has 2 aromatic rings. The van der Waals surface area contributed by atoms with E-state index in [0.717, 1.165) is 70.2 Å². The molecule has 0 aliphatic carbocycles. The third kappa shape index (κ3) is 6.58. The van der Waals surface area contributed by atoms with Crippen molar-refractivity contribution in [3.8, 4) is 0 Å². The largest absolute Gasteiger partial charge is 0.378 e. The van der Waals surface area contributed by atoms with Crippen LogP contribution in [0.5, 0.6) is 0 Å². The van der Waals surface area contributed by atoms with Crippen LogP contribution in [0.1, 0.15) is 25.3 Å². The molecule has 2 aliphatic heterocycles. The van der Waals surface area contributed by atoms with Gasteiger partial charge in [-0.15, -0.1) is 0 Å². The van der Waals surface area contributed by atoms with E-state index in [2.05, 4.69) is 39.4 Å². The number of hydrogen-bond donors (Lipinski definition) is 1. The van der Waals surface area contributed by atoms with Crippen molar-refractivity contribution in [2.45, 2.75) is 26.3 Å². The van der Waals surface area contributed by atoms with Crippen molar-refractivity contribution in [2.75, 3.05) is 62.7 Å². The molecule has 2 aromatic carbocycles. The van der Waals surface area contributed by atoms with Crippen molar-refractivity contribution in [1.29, 1.82) is 0 Å². The van der Waals surface area contributed by atoms with Gasteiger partial charge in [-0.05, 0) is 56.1 Å². The Bertz CT molecular complexity index is 929. The lowest BCUT2D eigenvalue weighted by molar-refractivity contribution is -0.139. The number of carbonyl (C=O) groups is 2. The third-order valence-corrected chi connectivity index (χ3v) is 6.66. The number of nitrogens with one attached hydrogen (secondary N) is 1. The molecule has 7 nitrogen and oxygen atoms in total. The lowest BCUT2D eigenvalue weighted by atomic mass is 9.96. The first kappa shape index (κ1) is 24.2. The highest BCUT2D eigenvalue weighted by atomic mass is 16.5. The van der Waals surface area contributed by atoms with E-state index in [1.165, 1.54) is 5.56 Å². The zero-order valence-corrected chi connectivity index (χ0v) is 20.1. The van der Waals surface area contributed by atoms with Gasteiger partial charge in [-0.3, -0.25) is 14.5 Å². The Labute approximate surface area is 202 Å². The summed E-state index contributed by atoms with van der Waals surface area (Å²) in [6.45, 7) is 8.39. The van der Waals surface area contributed by atoms with Gasteiger partial charge in [0.25, 0.3) is 0 Å². The van der Waals surface area contributed by atoms with Crippen LogP contribution < -0.4 is 10.2 Å². The van der Waals surface area contributed by atoms with Crippen LogP contribution in [-0.4, -0.2) is 74.1 Å². The molecule has 0 radical (unpaired) electrons. The summed E-state index contributed by atoms with van der Waals surface area (Å²) >= 11 is 0. The standard InChI is InChI=1S/C27H36N4O3/c1-2-30(27(33)23-9-6-14-29(20-23)19-22-7-4-3-5-8-22)21-26(32)28-24-10-12-25(13-11-24)31-15-17-34-18-16-31/h3-5,7-8,10-13,23H,2,6,9,14-21H2,1H3,(H,28,32). The fourth-order valence-electron chi connectivity index (χ4n) is 4.80. The van der Waals surface area contributed by atoms with Crippen molar-refractivity contribution in [1.82, 2.24) is 9.80 Å². The molecule has 4 rings (SSSR count).